The molecule has 176 valence electrons. The lowest BCUT2D eigenvalue weighted by Crippen LogP contribution is -2.46. The van der Waals surface area contributed by atoms with Gasteiger partial charge in [0.05, 0.1) is 18.9 Å². The molecule has 0 spiro atoms. The van der Waals surface area contributed by atoms with E-state index in [1.54, 1.807) is 6.20 Å². The number of carbonyl (C=O) groups is 2. The van der Waals surface area contributed by atoms with Crippen LogP contribution in [0.5, 0.6) is 0 Å². The zero-order valence-electron chi connectivity index (χ0n) is 19.7. The van der Waals surface area contributed by atoms with Crippen molar-refractivity contribution in [3.8, 4) is 0 Å². The third-order valence-corrected chi connectivity index (χ3v) is 6.00. The van der Waals surface area contributed by atoms with Gasteiger partial charge in [-0.15, -0.1) is 0 Å². The van der Waals surface area contributed by atoms with Crippen LogP contribution < -0.4 is 5.32 Å². The molecule has 0 radical (unpaired) electrons. The van der Waals surface area contributed by atoms with Gasteiger partial charge < -0.3 is 14.9 Å². The first-order chi connectivity index (χ1) is 16.4. The summed E-state index contributed by atoms with van der Waals surface area (Å²) >= 11 is 0. The Morgan fingerprint density at radius 3 is 2.56 bits per heavy atom. The van der Waals surface area contributed by atoms with Gasteiger partial charge in [-0.2, -0.15) is 0 Å². The molecule has 2 heterocycles. The van der Waals surface area contributed by atoms with E-state index >= 15 is 0 Å². The second-order valence-electron chi connectivity index (χ2n) is 9.04. The Labute approximate surface area is 199 Å². The van der Waals surface area contributed by atoms with Gasteiger partial charge in [-0.25, -0.2) is 4.79 Å². The number of oxime groups is 1. The summed E-state index contributed by atoms with van der Waals surface area (Å²) in [4.78, 5) is 36.2. The fourth-order valence-electron chi connectivity index (χ4n) is 4.35. The fraction of sp³-hybridized carbons (Fsp3) is 0.333. The topological polar surface area (TPSA) is 89.9 Å². The molecule has 0 saturated carbocycles. The van der Waals surface area contributed by atoms with Gasteiger partial charge in [0.25, 0.3) is 5.91 Å². The molecule has 1 aliphatic heterocycles. The standard InChI is InChI=1S/C27H29N3O4/c1-18(2)15-22(29-25(31)24-21-12-8-7-11-20(21)13-14-28-24)23-17-27(34-30-23,26(32)33-3)16-19-9-5-4-6-10-19/h4-14,18,22H,15-17H2,1-3H3,(H,29,31). The number of rotatable bonds is 8. The van der Waals surface area contributed by atoms with Gasteiger partial charge in [0, 0.05) is 24.4 Å². The number of nitrogens with zero attached hydrogens (tertiary/aromatic N) is 2. The molecule has 2 atom stereocenters. The summed E-state index contributed by atoms with van der Waals surface area (Å²) < 4.78 is 5.08. The molecule has 0 saturated heterocycles. The van der Waals surface area contributed by atoms with E-state index in [0.29, 0.717) is 24.2 Å². The minimum absolute atomic E-state index is 0.231. The van der Waals surface area contributed by atoms with Crippen molar-refractivity contribution in [1.29, 1.82) is 0 Å². The number of esters is 1. The lowest BCUT2D eigenvalue weighted by molar-refractivity contribution is -0.166. The van der Waals surface area contributed by atoms with Gasteiger partial charge in [-0.05, 0) is 29.4 Å². The van der Waals surface area contributed by atoms with Crippen molar-refractivity contribution in [1.82, 2.24) is 10.3 Å². The highest BCUT2D eigenvalue weighted by atomic mass is 16.7. The Bertz CT molecular complexity index is 1200. The van der Waals surface area contributed by atoms with E-state index in [9.17, 15) is 9.59 Å². The molecule has 3 aromatic rings. The van der Waals surface area contributed by atoms with Crippen LogP contribution in [-0.4, -0.2) is 41.3 Å². The van der Waals surface area contributed by atoms with Gasteiger partial charge in [0.2, 0.25) is 5.60 Å². The number of ether oxygens (including phenoxy) is 1. The van der Waals surface area contributed by atoms with Crippen molar-refractivity contribution >= 4 is 28.4 Å². The lowest BCUT2D eigenvalue weighted by Gasteiger charge is -2.25. The second-order valence-corrected chi connectivity index (χ2v) is 9.04. The Morgan fingerprint density at radius 1 is 1.09 bits per heavy atom. The number of hydrogen-bond donors (Lipinski definition) is 1. The zero-order chi connectivity index (χ0) is 24.1. The monoisotopic (exact) mass is 459 g/mol. The molecule has 2 unspecified atom stereocenters. The Kier molecular flexibility index (Phi) is 6.91. The Hall–Kier alpha value is -3.74. The number of carbonyl (C=O) groups excluding carboxylic acids is 2. The SMILES string of the molecule is COC(=O)C1(Cc2ccccc2)CC(C(CC(C)C)NC(=O)c2nccc3ccccc23)=NO1. The van der Waals surface area contributed by atoms with Gasteiger partial charge in [-0.1, -0.05) is 73.6 Å². The zero-order valence-corrected chi connectivity index (χ0v) is 19.7. The van der Waals surface area contributed by atoms with Crippen LogP contribution in [0.15, 0.2) is 72.0 Å². The van der Waals surface area contributed by atoms with Crippen LogP contribution >= 0.6 is 0 Å². The minimum Gasteiger partial charge on any atom is -0.466 e. The predicted octanol–water partition coefficient (Wildman–Crippen LogP) is 4.31. The maximum atomic E-state index is 13.3. The second kappa shape index (κ2) is 10.0. The smallest absolute Gasteiger partial charge is 0.353 e. The quantitative estimate of drug-likeness (QED) is 0.507. The highest BCUT2D eigenvalue weighted by Gasteiger charge is 2.49. The number of hydrogen-bond acceptors (Lipinski definition) is 6. The third-order valence-electron chi connectivity index (χ3n) is 6.00. The molecule has 0 fully saturated rings. The van der Waals surface area contributed by atoms with E-state index in [2.05, 4.69) is 29.3 Å². The normalized spacial score (nSPS) is 18.3. The summed E-state index contributed by atoms with van der Waals surface area (Å²) in [5, 5.41) is 9.11. The van der Waals surface area contributed by atoms with Crippen LogP contribution in [0.3, 0.4) is 0 Å². The summed E-state index contributed by atoms with van der Waals surface area (Å²) in [5.41, 5.74) is 0.649. The van der Waals surface area contributed by atoms with Crippen molar-refractivity contribution in [2.24, 2.45) is 11.1 Å². The van der Waals surface area contributed by atoms with Crippen molar-refractivity contribution < 1.29 is 19.2 Å². The average molecular weight is 460 g/mol. The number of amides is 1. The van der Waals surface area contributed by atoms with Crippen molar-refractivity contribution in [3.05, 3.63) is 78.1 Å². The summed E-state index contributed by atoms with van der Waals surface area (Å²) in [6.07, 6.45) is 2.82. The number of pyridine rings is 1. The average Bonchev–Trinajstić information content (AvgIpc) is 3.28. The molecule has 7 heteroatoms. The minimum atomic E-state index is -1.26. The van der Waals surface area contributed by atoms with Crippen LogP contribution in [0.25, 0.3) is 10.8 Å². The number of fused-ring (bicyclic) bond motifs is 1. The highest BCUT2D eigenvalue weighted by molar-refractivity contribution is 6.07. The van der Waals surface area contributed by atoms with Gasteiger partial charge in [0.1, 0.15) is 5.69 Å². The van der Waals surface area contributed by atoms with E-state index in [1.807, 2.05) is 60.7 Å². The first-order valence-electron chi connectivity index (χ1n) is 11.4. The molecule has 7 nitrogen and oxygen atoms in total. The molecule has 1 aromatic heterocycles. The predicted molar refractivity (Wildman–Crippen MR) is 130 cm³/mol. The summed E-state index contributed by atoms with van der Waals surface area (Å²) in [7, 11) is 1.34. The fourth-order valence-corrected chi connectivity index (χ4v) is 4.35. The first-order valence-corrected chi connectivity index (χ1v) is 11.4. The summed E-state index contributed by atoms with van der Waals surface area (Å²) in [5.74, 6) is -0.500. The van der Waals surface area contributed by atoms with E-state index in [1.165, 1.54) is 7.11 Å². The molecule has 4 rings (SSSR count). The van der Waals surface area contributed by atoms with Crippen LogP contribution in [0.4, 0.5) is 0 Å². The molecule has 1 aliphatic rings. The lowest BCUT2D eigenvalue weighted by atomic mass is 9.86. The molecule has 1 N–H and O–H groups in total. The first kappa shape index (κ1) is 23.4. The molecule has 0 bridgehead atoms. The van der Waals surface area contributed by atoms with Crippen molar-refractivity contribution in [3.63, 3.8) is 0 Å². The molecular weight excluding hydrogens is 430 g/mol. The molecule has 0 aliphatic carbocycles. The summed E-state index contributed by atoms with van der Waals surface area (Å²) in [6.45, 7) is 4.15. The van der Waals surface area contributed by atoms with Gasteiger partial charge in [0.15, 0.2) is 0 Å². The number of methoxy groups -OCH3 is 1. The molecule has 34 heavy (non-hydrogen) atoms. The third kappa shape index (κ3) is 4.93. The van der Waals surface area contributed by atoms with Crippen LogP contribution in [0.1, 0.15) is 42.7 Å². The van der Waals surface area contributed by atoms with Crippen LogP contribution in [0.2, 0.25) is 0 Å². The van der Waals surface area contributed by atoms with Gasteiger partial charge >= 0.3 is 5.97 Å². The molecule has 1 amide bonds. The largest absolute Gasteiger partial charge is 0.466 e. The summed E-state index contributed by atoms with van der Waals surface area (Å²) in [6, 6.07) is 18.7. The maximum Gasteiger partial charge on any atom is 0.353 e. The van der Waals surface area contributed by atoms with E-state index < -0.39 is 17.6 Å². The van der Waals surface area contributed by atoms with E-state index in [4.69, 9.17) is 9.57 Å². The van der Waals surface area contributed by atoms with Crippen LogP contribution in [0, 0.1) is 5.92 Å². The van der Waals surface area contributed by atoms with E-state index in [-0.39, 0.29) is 18.2 Å². The number of nitrogens with one attached hydrogen (secondary N) is 1. The molecular formula is C27H29N3O4. The maximum absolute atomic E-state index is 13.3. The van der Waals surface area contributed by atoms with Crippen LogP contribution in [-0.2, 0) is 20.8 Å². The van der Waals surface area contributed by atoms with Gasteiger partial charge in [-0.3, -0.25) is 9.78 Å². The molecule has 2 aromatic carbocycles. The Morgan fingerprint density at radius 2 is 1.82 bits per heavy atom. The van der Waals surface area contributed by atoms with E-state index in [0.717, 1.165) is 16.3 Å². The van der Waals surface area contributed by atoms with Crippen molar-refractivity contribution in [2.45, 2.75) is 44.8 Å². The Balaban J connectivity index is 1.59. The number of aromatic nitrogens is 1. The van der Waals surface area contributed by atoms with Crippen molar-refractivity contribution in [2.75, 3.05) is 7.11 Å². The number of benzene rings is 2. The highest BCUT2D eigenvalue weighted by Crippen LogP contribution is 2.32.